The van der Waals surface area contributed by atoms with Gasteiger partial charge in [0.2, 0.25) is 0 Å². The Kier molecular flexibility index (Phi) is 3.30. The van der Waals surface area contributed by atoms with E-state index in [0.717, 1.165) is 18.1 Å². The second-order valence-electron chi connectivity index (χ2n) is 5.23. The Labute approximate surface area is 117 Å². The van der Waals surface area contributed by atoms with E-state index in [1.54, 1.807) is 0 Å². The summed E-state index contributed by atoms with van der Waals surface area (Å²) in [6, 6.07) is 11.2. The molecule has 2 nitrogen and oxygen atoms in total. The number of halogens is 1. The lowest BCUT2D eigenvalue weighted by molar-refractivity contribution is 0.374. The molecule has 2 heterocycles. The maximum atomic E-state index is 3.46. The van der Waals surface area contributed by atoms with Crippen molar-refractivity contribution in [3.63, 3.8) is 0 Å². The molecule has 0 radical (unpaired) electrons. The first kappa shape index (κ1) is 11.8. The second kappa shape index (κ2) is 4.76. The highest BCUT2D eigenvalue weighted by molar-refractivity contribution is 14.1. The van der Waals surface area contributed by atoms with Crippen molar-refractivity contribution in [1.29, 1.82) is 0 Å². The average Bonchev–Trinajstić information content (AvgIpc) is 2.60. The first-order valence-electron chi connectivity index (χ1n) is 6.49. The lowest BCUT2D eigenvalue weighted by atomic mass is 9.97. The normalized spacial score (nSPS) is 31.9. The fraction of sp³-hybridized carbons (Fsp3) is 0.571. The number of hydrogen-bond donors (Lipinski definition) is 1. The van der Waals surface area contributed by atoms with E-state index in [2.05, 4.69) is 64.1 Å². The van der Waals surface area contributed by atoms with Crippen LogP contribution in [-0.4, -0.2) is 25.2 Å². The van der Waals surface area contributed by atoms with Crippen molar-refractivity contribution in [2.75, 3.05) is 11.9 Å². The topological polar surface area (TPSA) is 15.3 Å². The van der Waals surface area contributed by atoms with Gasteiger partial charge in [-0.3, -0.25) is 0 Å². The van der Waals surface area contributed by atoms with Crippen LogP contribution in [0.3, 0.4) is 0 Å². The van der Waals surface area contributed by atoms with Gasteiger partial charge in [0.15, 0.2) is 0 Å². The summed E-state index contributed by atoms with van der Waals surface area (Å²) >= 11 is 2.41. The van der Waals surface area contributed by atoms with Crippen LogP contribution in [0.1, 0.15) is 25.7 Å². The molecule has 2 atom stereocenters. The molecule has 2 aliphatic heterocycles. The number of hydrogen-bond acceptors (Lipinski definition) is 2. The van der Waals surface area contributed by atoms with Crippen LogP contribution in [0.2, 0.25) is 0 Å². The first-order valence-corrected chi connectivity index (χ1v) is 7.57. The number of benzene rings is 1. The minimum absolute atomic E-state index is 0.728. The van der Waals surface area contributed by atoms with Crippen molar-refractivity contribution in [2.24, 2.45) is 0 Å². The van der Waals surface area contributed by atoms with E-state index in [0.29, 0.717) is 0 Å². The molecule has 0 amide bonds. The van der Waals surface area contributed by atoms with E-state index in [1.165, 1.54) is 34.9 Å². The highest BCUT2D eigenvalue weighted by Crippen LogP contribution is 2.39. The Morgan fingerprint density at radius 2 is 1.94 bits per heavy atom. The Hall–Kier alpha value is -0.290. The average molecular weight is 342 g/mol. The molecule has 2 bridgehead atoms. The third kappa shape index (κ3) is 2.19. The summed E-state index contributed by atoms with van der Waals surface area (Å²) in [6.07, 6.45) is 5.35. The van der Waals surface area contributed by atoms with Gasteiger partial charge in [0.1, 0.15) is 0 Å². The molecule has 1 N–H and O–H groups in total. The lowest BCUT2D eigenvalue weighted by Crippen LogP contribution is -2.48. The number of anilines is 1. The summed E-state index contributed by atoms with van der Waals surface area (Å²) in [5, 5.41) is 3.46. The van der Waals surface area contributed by atoms with Gasteiger partial charge in [0.05, 0.1) is 0 Å². The molecule has 92 valence electrons. The van der Waals surface area contributed by atoms with Gasteiger partial charge in [-0.15, -0.1) is 0 Å². The Morgan fingerprint density at radius 3 is 2.53 bits per heavy atom. The van der Waals surface area contributed by atoms with E-state index >= 15 is 0 Å². The summed E-state index contributed by atoms with van der Waals surface area (Å²) in [6.45, 7) is 0. The lowest BCUT2D eigenvalue weighted by Gasteiger charge is -2.40. The number of fused-ring (bicyclic) bond motifs is 2. The van der Waals surface area contributed by atoms with Gasteiger partial charge >= 0.3 is 0 Å². The molecule has 2 fully saturated rings. The monoisotopic (exact) mass is 342 g/mol. The van der Waals surface area contributed by atoms with Gasteiger partial charge in [-0.25, -0.2) is 0 Å². The molecule has 2 saturated heterocycles. The molecule has 1 aromatic carbocycles. The quantitative estimate of drug-likeness (QED) is 0.832. The summed E-state index contributed by atoms with van der Waals surface area (Å²) in [5.74, 6) is 0. The van der Waals surface area contributed by atoms with Crippen molar-refractivity contribution in [3.8, 4) is 0 Å². The Bertz CT molecular complexity index is 393. The van der Waals surface area contributed by atoms with Crippen LogP contribution in [0.15, 0.2) is 24.3 Å². The van der Waals surface area contributed by atoms with E-state index in [1.807, 2.05) is 0 Å². The first-order chi connectivity index (χ1) is 8.28. The molecule has 0 saturated carbocycles. The predicted octanol–water partition coefficient (Wildman–Crippen LogP) is 3.01. The minimum atomic E-state index is 0.728. The SMILES string of the molecule is CNC1CC2CCC(C1)N2c1cccc(I)c1. The fourth-order valence-corrected chi connectivity index (χ4v) is 4.00. The number of nitrogens with zero attached hydrogens (tertiary/aromatic N) is 1. The number of nitrogens with one attached hydrogen (secondary N) is 1. The van der Waals surface area contributed by atoms with Crippen molar-refractivity contribution in [2.45, 2.75) is 43.8 Å². The van der Waals surface area contributed by atoms with Crippen LogP contribution in [-0.2, 0) is 0 Å². The van der Waals surface area contributed by atoms with Crippen molar-refractivity contribution in [3.05, 3.63) is 27.8 Å². The standard InChI is InChI=1S/C14H19IN2/c1-16-11-8-13-5-6-14(9-11)17(13)12-4-2-3-10(15)7-12/h2-4,7,11,13-14,16H,5-6,8-9H2,1H3. The van der Waals surface area contributed by atoms with E-state index in [4.69, 9.17) is 0 Å². The molecular formula is C14H19IN2. The third-order valence-electron chi connectivity index (χ3n) is 4.25. The molecule has 2 aliphatic rings. The smallest absolute Gasteiger partial charge is 0.0381 e. The molecule has 1 aromatic rings. The van der Waals surface area contributed by atoms with Crippen LogP contribution < -0.4 is 10.2 Å². The minimum Gasteiger partial charge on any atom is -0.365 e. The van der Waals surface area contributed by atoms with Crippen LogP contribution in [0.25, 0.3) is 0 Å². The van der Waals surface area contributed by atoms with Crippen molar-refractivity contribution in [1.82, 2.24) is 5.32 Å². The van der Waals surface area contributed by atoms with E-state index in [-0.39, 0.29) is 0 Å². The van der Waals surface area contributed by atoms with Crippen molar-refractivity contribution >= 4 is 28.3 Å². The van der Waals surface area contributed by atoms with E-state index in [9.17, 15) is 0 Å². The van der Waals surface area contributed by atoms with Gasteiger partial charge < -0.3 is 10.2 Å². The zero-order valence-electron chi connectivity index (χ0n) is 10.2. The predicted molar refractivity (Wildman–Crippen MR) is 80.5 cm³/mol. The molecule has 3 rings (SSSR count). The molecule has 17 heavy (non-hydrogen) atoms. The van der Waals surface area contributed by atoms with Crippen molar-refractivity contribution < 1.29 is 0 Å². The zero-order valence-corrected chi connectivity index (χ0v) is 12.4. The zero-order chi connectivity index (χ0) is 11.8. The molecule has 2 unspecified atom stereocenters. The molecule has 3 heteroatoms. The number of rotatable bonds is 2. The Morgan fingerprint density at radius 1 is 1.24 bits per heavy atom. The second-order valence-corrected chi connectivity index (χ2v) is 6.47. The van der Waals surface area contributed by atoms with Crippen LogP contribution in [0, 0.1) is 3.57 Å². The highest BCUT2D eigenvalue weighted by atomic mass is 127. The third-order valence-corrected chi connectivity index (χ3v) is 4.92. The van der Waals surface area contributed by atoms with Gasteiger partial charge in [-0.05, 0) is 73.5 Å². The van der Waals surface area contributed by atoms with Gasteiger partial charge in [-0.2, -0.15) is 0 Å². The van der Waals surface area contributed by atoms with Gasteiger partial charge in [0, 0.05) is 27.4 Å². The molecule has 0 spiro atoms. The molecule has 0 aliphatic carbocycles. The highest BCUT2D eigenvalue weighted by Gasteiger charge is 2.40. The number of piperidine rings is 1. The summed E-state index contributed by atoms with van der Waals surface area (Å²) in [5.41, 5.74) is 1.43. The van der Waals surface area contributed by atoms with Crippen LogP contribution in [0.4, 0.5) is 5.69 Å². The largest absolute Gasteiger partial charge is 0.365 e. The summed E-state index contributed by atoms with van der Waals surface area (Å²) in [4.78, 5) is 2.68. The van der Waals surface area contributed by atoms with E-state index < -0.39 is 0 Å². The fourth-order valence-electron chi connectivity index (χ4n) is 3.47. The van der Waals surface area contributed by atoms with Gasteiger partial charge in [-0.1, -0.05) is 6.07 Å². The molecule has 0 aromatic heterocycles. The maximum Gasteiger partial charge on any atom is 0.0381 e. The van der Waals surface area contributed by atoms with Gasteiger partial charge in [0.25, 0.3) is 0 Å². The maximum absolute atomic E-state index is 3.46. The van der Waals surface area contributed by atoms with Crippen LogP contribution in [0.5, 0.6) is 0 Å². The summed E-state index contributed by atoms with van der Waals surface area (Å²) < 4.78 is 1.34. The van der Waals surface area contributed by atoms with Crippen LogP contribution >= 0.6 is 22.6 Å². The molecular weight excluding hydrogens is 323 g/mol. The Balaban J connectivity index is 1.86. The summed E-state index contributed by atoms with van der Waals surface area (Å²) in [7, 11) is 2.10.